The van der Waals surface area contributed by atoms with Crippen LogP contribution in [-0.2, 0) is 0 Å². The van der Waals surface area contributed by atoms with Crippen LogP contribution in [-0.4, -0.2) is 52.2 Å². The molecule has 0 aliphatic carbocycles. The van der Waals surface area contributed by atoms with E-state index in [2.05, 4.69) is 0 Å². The number of rotatable bonds is 4. The highest BCUT2D eigenvalue weighted by molar-refractivity contribution is 7.80. The lowest BCUT2D eigenvalue weighted by Gasteiger charge is -2.34. The van der Waals surface area contributed by atoms with Gasteiger partial charge >= 0.3 is 6.09 Å². The molecule has 130 valence electrons. The molecule has 1 heterocycles. The van der Waals surface area contributed by atoms with Gasteiger partial charge in [0.25, 0.3) is 5.69 Å². The van der Waals surface area contributed by atoms with Crippen LogP contribution >= 0.6 is 12.2 Å². The van der Waals surface area contributed by atoms with Gasteiger partial charge in [-0.05, 0) is 18.2 Å². The van der Waals surface area contributed by atoms with Gasteiger partial charge in [0.05, 0.1) is 16.1 Å². The van der Waals surface area contributed by atoms with Crippen molar-refractivity contribution in [1.82, 2.24) is 4.90 Å². The molecule has 1 fully saturated rings. The quantitative estimate of drug-likeness (QED) is 0.271. The molecule has 1 aromatic rings. The second kappa shape index (κ2) is 7.59. The summed E-state index contributed by atoms with van der Waals surface area (Å²) in [6.07, 6.45) is 0.306. The van der Waals surface area contributed by atoms with E-state index >= 15 is 0 Å². The van der Waals surface area contributed by atoms with Crippen LogP contribution < -0.4 is 10.6 Å². The van der Waals surface area contributed by atoms with Gasteiger partial charge < -0.3 is 20.6 Å². The Morgan fingerprint density at radius 3 is 2.52 bits per heavy atom. The number of hydrogen-bond acceptors (Lipinski definition) is 6. The van der Waals surface area contributed by atoms with Crippen molar-refractivity contribution < 1.29 is 14.8 Å². The number of carbonyl (C=O) groups is 1. The first kappa shape index (κ1) is 18.2. The topological polar surface area (TPSA) is 137 Å². The zero-order chi connectivity index (χ0) is 18.6. The van der Waals surface area contributed by atoms with Crippen LogP contribution in [0.2, 0.25) is 0 Å². The Bertz CT molecular complexity index is 794. The number of piperazine rings is 1. The van der Waals surface area contributed by atoms with Crippen LogP contribution in [0.25, 0.3) is 6.08 Å². The van der Waals surface area contributed by atoms with Crippen molar-refractivity contribution in [3.05, 3.63) is 39.4 Å². The number of nitriles is 1. The molecule has 0 radical (unpaired) electrons. The SMILES string of the molecule is N#C/C(=C/c1ccc(N2CCN(C(=O)O)CC2)cc1[N+](=O)[O-])C(N)=S. The zero-order valence-electron chi connectivity index (χ0n) is 13.1. The van der Waals surface area contributed by atoms with Crippen molar-refractivity contribution in [2.45, 2.75) is 0 Å². The summed E-state index contributed by atoms with van der Waals surface area (Å²) in [5.74, 6) is 0. The van der Waals surface area contributed by atoms with E-state index in [0.29, 0.717) is 31.9 Å². The van der Waals surface area contributed by atoms with E-state index in [4.69, 9.17) is 28.3 Å². The molecule has 0 unspecified atom stereocenters. The molecule has 10 heteroatoms. The van der Waals surface area contributed by atoms with Crippen molar-refractivity contribution in [1.29, 1.82) is 5.26 Å². The lowest BCUT2D eigenvalue weighted by molar-refractivity contribution is -0.385. The smallest absolute Gasteiger partial charge is 0.407 e. The standard InChI is InChI=1S/C15H15N5O4S/c16-9-11(14(17)25)7-10-1-2-12(8-13(10)20(23)24)18-3-5-19(6-4-18)15(21)22/h1-2,7-8H,3-6H2,(H2,17,25)(H,21,22)/b11-7-. The van der Waals surface area contributed by atoms with Crippen molar-refractivity contribution in [2.75, 3.05) is 31.1 Å². The third-order valence-electron chi connectivity index (χ3n) is 3.81. The van der Waals surface area contributed by atoms with Gasteiger partial charge in [0.1, 0.15) is 11.1 Å². The molecule has 1 aliphatic heterocycles. The first-order chi connectivity index (χ1) is 11.8. The van der Waals surface area contributed by atoms with Crippen LogP contribution in [0.3, 0.4) is 0 Å². The summed E-state index contributed by atoms with van der Waals surface area (Å²) in [7, 11) is 0. The van der Waals surface area contributed by atoms with E-state index in [1.165, 1.54) is 23.1 Å². The fourth-order valence-corrected chi connectivity index (χ4v) is 2.58. The summed E-state index contributed by atoms with van der Waals surface area (Å²) >= 11 is 4.74. The largest absolute Gasteiger partial charge is 0.465 e. The van der Waals surface area contributed by atoms with Crippen LogP contribution in [0, 0.1) is 21.4 Å². The maximum absolute atomic E-state index is 11.4. The molecule has 9 nitrogen and oxygen atoms in total. The third kappa shape index (κ3) is 4.21. The Kier molecular flexibility index (Phi) is 5.51. The highest BCUT2D eigenvalue weighted by Crippen LogP contribution is 2.28. The number of anilines is 1. The van der Waals surface area contributed by atoms with Gasteiger partial charge in [0, 0.05) is 37.9 Å². The monoisotopic (exact) mass is 361 g/mol. The highest BCUT2D eigenvalue weighted by atomic mass is 32.1. The lowest BCUT2D eigenvalue weighted by atomic mass is 10.1. The Labute approximate surface area is 148 Å². The minimum atomic E-state index is -0.979. The molecule has 0 atom stereocenters. The van der Waals surface area contributed by atoms with Gasteiger partial charge in [-0.25, -0.2) is 4.79 Å². The molecule has 1 aromatic carbocycles. The molecule has 0 bridgehead atoms. The number of nitro benzene ring substituents is 1. The summed E-state index contributed by atoms with van der Waals surface area (Å²) in [6.45, 7) is 1.53. The second-order valence-electron chi connectivity index (χ2n) is 5.29. The van der Waals surface area contributed by atoms with E-state index in [1.54, 1.807) is 6.07 Å². The summed E-state index contributed by atoms with van der Waals surface area (Å²) in [5, 5.41) is 29.3. The van der Waals surface area contributed by atoms with Crippen LogP contribution in [0.5, 0.6) is 0 Å². The molecule has 25 heavy (non-hydrogen) atoms. The summed E-state index contributed by atoms with van der Waals surface area (Å²) in [4.78, 5) is 24.8. The molecule has 1 amide bonds. The van der Waals surface area contributed by atoms with Crippen molar-refractivity contribution in [3.63, 3.8) is 0 Å². The number of nitrogens with two attached hydrogens (primary N) is 1. The second-order valence-corrected chi connectivity index (χ2v) is 5.73. The fraction of sp³-hybridized carbons (Fsp3) is 0.267. The average Bonchev–Trinajstić information content (AvgIpc) is 2.59. The van der Waals surface area contributed by atoms with Gasteiger partial charge in [-0.1, -0.05) is 12.2 Å². The molecule has 0 spiro atoms. The minimum absolute atomic E-state index is 0.0130. The normalized spacial score (nSPS) is 14.8. The first-order valence-electron chi connectivity index (χ1n) is 7.26. The predicted octanol–water partition coefficient (Wildman–Crippen LogP) is 1.59. The Morgan fingerprint density at radius 1 is 1.40 bits per heavy atom. The number of nitro groups is 1. The summed E-state index contributed by atoms with van der Waals surface area (Å²) in [5.41, 5.74) is 6.06. The van der Waals surface area contributed by atoms with Gasteiger partial charge in [-0.2, -0.15) is 5.26 Å². The number of thiocarbonyl (C=S) groups is 1. The Morgan fingerprint density at radius 2 is 2.04 bits per heavy atom. The summed E-state index contributed by atoms with van der Waals surface area (Å²) < 4.78 is 0. The lowest BCUT2D eigenvalue weighted by Crippen LogP contribution is -2.48. The molecule has 0 aromatic heterocycles. The van der Waals surface area contributed by atoms with Gasteiger partial charge in [-0.15, -0.1) is 0 Å². The molecular formula is C15H15N5O4S. The molecule has 1 saturated heterocycles. The van der Waals surface area contributed by atoms with Crippen LogP contribution in [0.4, 0.5) is 16.2 Å². The number of amides is 1. The Balaban J connectivity index is 2.31. The minimum Gasteiger partial charge on any atom is -0.465 e. The van der Waals surface area contributed by atoms with E-state index in [0.717, 1.165) is 0 Å². The van der Waals surface area contributed by atoms with Crippen molar-refractivity contribution >= 4 is 40.8 Å². The molecule has 0 saturated carbocycles. The number of benzene rings is 1. The first-order valence-corrected chi connectivity index (χ1v) is 7.67. The molecule has 1 aliphatic rings. The van der Waals surface area contributed by atoms with Crippen molar-refractivity contribution in [3.8, 4) is 6.07 Å². The van der Waals surface area contributed by atoms with E-state index in [1.807, 2.05) is 11.0 Å². The van der Waals surface area contributed by atoms with Crippen LogP contribution in [0.15, 0.2) is 23.8 Å². The number of hydrogen-bond donors (Lipinski definition) is 2. The van der Waals surface area contributed by atoms with Crippen molar-refractivity contribution in [2.24, 2.45) is 5.73 Å². The van der Waals surface area contributed by atoms with Gasteiger partial charge in [0.2, 0.25) is 0 Å². The van der Waals surface area contributed by atoms with E-state index < -0.39 is 11.0 Å². The fourth-order valence-electron chi connectivity index (χ4n) is 2.48. The van der Waals surface area contributed by atoms with E-state index in [-0.39, 0.29) is 21.8 Å². The number of nitrogens with zero attached hydrogens (tertiary/aromatic N) is 4. The molecular weight excluding hydrogens is 346 g/mol. The average molecular weight is 361 g/mol. The zero-order valence-corrected chi connectivity index (χ0v) is 13.9. The van der Waals surface area contributed by atoms with Crippen LogP contribution in [0.1, 0.15) is 5.56 Å². The highest BCUT2D eigenvalue weighted by Gasteiger charge is 2.23. The number of carboxylic acid groups (broad SMARTS) is 1. The maximum atomic E-state index is 11.4. The third-order valence-corrected chi connectivity index (χ3v) is 4.03. The molecule has 2 rings (SSSR count). The maximum Gasteiger partial charge on any atom is 0.407 e. The van der Waals surface area contributed by atoms with E-state index in [9.17, 15) is 14.9 Å². The Hall–Kier alpha value is -3.19. The molecule has 3 N–H and O–H groups in total. The van der Waals surface area contributed by atoms with Gasteiger partial charge in [0.15, 0.2) is 0 Å². The summed E-state index contributed by atoms with van der Waals surface area (Å²) in [6, 6.07) is 6.41. The van der Waals surface area contributed by atoms with Gasteiger partial charge in [-0.3, -0.25) is 10.1 Å². The predicted molar refractivity (Wildman–Crippen MR) is 95.3 cm³/mol.